The molecule has 5 nitrogen and oxygen atoms in total. The minimum atomic E-state index is -1.12. The predicted molar refractivity (Wildman–Crippen MR) is 64.7 cm³/mol. The topological polar surface area (TPSA) is 72.2 Å². The number of halogens is 1. The molecule has 0 aliphatic heterocycles. The molecule has 98 valence electrons. The number of benzene rings is 1. The average Bonchev–Trinajstić information content (AvgIpc) is 2.36. The smallest absolute Gasteiger partial charge is 0.274 e. The fraction of sp³-hybridized carbons (Fsp3) is 0.417. The van der Waals surface area contributed by atoms with Gasteiger partial charge in [0.1, 0.15) is 6.67 Å². The highest BCUT2D eigenvalue weighted by molar-refractivity contribution is 5.82. The standard InChI is InChI=1S/C12H15FN2O3/c1-12(2,8-13)11(16)14-7-9-5-3-4-6-10(9)15(17)18/h3-6H,7-8H2,1-2H3,(H,14,16). The van der Waals surface area contributed by atoms with Gasteiger partial charge in [-0.1, -0.05) is 18.2 Å². The van der Waals surface area contributed by atoms with E-state index in [0.29, 0.717) is 5.56 Å². The van der Waals surface area contributed by atoms with Crippen LogP contribution in [-0.4, -0.2) is 17.5 Å². The fourth-order valence-corrected chi connectivity index (χ4v) is 1.31. The summed E-state index contributed by atoms with van der Waals surface area (Å²) in [5.74, 6) is -0.469. The Balaban J connectivity index is 2.76. The molecule has 0 saturated carbocycles. The second-order valence-electron chi connectivity index (χ2n) is 4.59. The zero-order chi connectivity index (χ0) is 13.8. The number of para-hydroxylation sites is 1. The Morgan fingerprint density at radius 1 is 1.44 bits per heavy atom. The van der Waals surface area contributed by atoms with Gasteiger partial charge in [-0.25, -0.2) is 4.39 Å². The van der Waals surface area contributed by atoms with Crippen LogP contribution in [0.3, 0.4) is 0 Å². The number of carbonyl (C=O) groups excluding carboxylic acids is 1. The highest BCUT2D eigenvalue weighted by Gasteiger charge is 2.27. The van der Waals surface area contributed by atoms with E-state index in [1.54, 1.807) is 18.2 Å². The van der Waals surface area contributed by atoms with Crippen LogP contribution in [0.1, 0.15) is 19.4 Å². The molecule has 0 radical (unpaired) electrons. The monoisotopic (exact) mass is 254 g/mol. The first kappa shape index (κ1) is 14.1. The Morgan fingerprint density at radius 2 is 2.06 bits per heavy atom. The van der Waals surface area contributed by atoms with Gasteiger partial charge in [-0.05, 0) is 13.8 Å². The molecule has 1 N–H and O–H groups in total. The highest BCUT2D eigenvalue weighted by Crippen LogP contribution is 2.19. The Morgan fingerprint density at radius 3 is 2.61 bits per heavy atom. The number of amides is 1. The van der Waals surface area contributed by atoms with Gasteiger partial charge in [0.2, 0.25) is 5.91 Å². The van der Waals surface area contributed by atoms with E-state index < -0.39 is 22.9 Å². The summed E-state index contributed by atoms with van der Waals surface area (Å²) in [5, 5.41) is 13.3. The van der Waals surface area contributed by atoms with Crippen LogP contribution in [-0.2, 0) is 11.3 Å². The summed E-state index contributed by atoms with van der Waals surface area (Å²) >= 11 is 0. The van der Waals surface area contributed by atoms with E-state index in [0.717, 1.165) is 0 Å². The second-order valence-corrected chi connectivity index (χ2v) is 4.59. The lowest BCUT2D eigenvalue weighted by Gasteiger charge is -2.19. The third-order valence-electron chi connectivity index (χ3n) is 2.58. The summed E-state index contributed by atoms with van der Waals surface area (Å²) in [6, 6.07) is 6.12. The van der Waals surface area contributed by atoms with Crippen molar-refractivity contribution >= 4 is 11.6 Å². The lowest BCUT2D eigenvalue weighted by molar-refractivity contribution is -0.385. The van der Waals surface area contributed by atoms with Crippen LogP contribution in [0, 0.1) is 15.5 Å². The van der Waals surface area contributed by atoms with Crippen molar-refractivity contribution < 1.29 is 14.1 Å². The zero-order valence-corrected chi connectivity index (χ0v) is 10.3. The third kappa shape index (κ3) is 3.26. The number of alkyl halides is 1. The van der Waals surface area contributed by atoms with Gasteiger partial charge < -0.3 is 5.32 Å². The number of carbonyl (C=O) groups is 1. The first-order valence-electron chi connectivity index (χ1n) is 5.45. The molecule has 0 unspecified atom stereocenters. The highest BCUT2D eigenvalue weighted by atomic mass is 19.1. The van der Waals surface area contributed by atoms with E-state index in [9.17, 15) is 19.3 Å². The number of rotatable bonds is 5. The van der Waals surface area contributed by atoms with Crippen LogP contribution in [0.5, 0.6) is 0 Å². The van der Waals surface area contributed by atoms with Crippen molar-refractivity contribution in [2.45, 2.75) is 20.4 Å². The molecule has 0 bridgehead atoms. The number of nitro benzene ring substituents is 1. The summed E-state index contributed by atoms with van der Waals surface area (Å²) in [4.78, 5) is 21.9. The van der Waals surface area contributed by atoms with Crippen molar-refractivity contribution in [3.05, 3.63) is 39.9 Å². The zero-order valence-electron chi connectivity index (χ0n) is 10.3. The minimum absolute atomic E-state index is 0.0133. The van der Waals surface area contributed by atoms with E-state index in [-0.39, 0.29) is 12.2 Å². The maximum Gasteiger partial charge on any atom is 0.274 e. The number of nitro groups is 1. The van der Waals surface area contributed by atoms with Crippen LogP contribution < -0.4 is 5.32 Å². The molecule has 1 amide bonds. The summed E-state index contributed by atoms with van der Waals surface area (Å²) in [5.41, 5.74) is -0.787. The van der Waals surface area contributed by atoms with Crippen LogP contribution in [0.25, 0.3) is 0 Å². The van der Waals surface area contributed by atoms with Gasteiger partial charge in [0.05, 0.1) is 10.3 Å². The summed E-state index contributed by atoms with van der Waals surface area (Å²) < 4.78 is 12.6. The number of nitrogens with zero attached hydrogens (tertiary/aromatic N) is 1. The van der Waals surface area contributed by atoms with E-state index >= 15 is 0 Å². The molecule has 0 saturated heterocycles. The molecule has 18 heavy (non-hydrogen) atoms. The molecule has 0 atom stereocenters. The Kier molecular flexibility index (Phi) is 4.36. The van der Waals surface area contributed by atoms with Crippen molar-refractivity contribution in [3.63, 3.8) is 0 Å². The first-order valence-corrected chi connectivity index (χ1v) is 5.45. The van der Waals surface area contributed by atoms with Crippen LogP contribution in [0.2, 0.25) is 0 Å². The van der Waals surface area contributed by atoms with E-state index in [4.69, 9.17) is 0 Å². The Labute approximate surface area is 104 Å². The fourth-order valence-electron chi connectivity index (χ4n) is 1.31. The Bertz CT molecular complexity index is 460. The van der Waals surface area contributed by atoms with Gasteiger partial charge in [0.15, 0.2) is 0 Å². The van der Waals surface area contributed by atoms with Crippen LogP contribution in [0.15, 0.2) is 24.3 Å². The molecular formula is C12H15FN2O3. The number of nitrogens with one attached hydrogen (secondary N) is 1. The predicted octanol–water partition coefficient (Wildman–Crippen LogP) is 2.21. The molecule has 0 spiro atoms. The normalized spacial score (nSPS) is 11.1. The molecule has 0 aliphatic rings. The van der Waals surface area contributed by atoms with Crippen molar-refractivity contribution in [2.75, 3.05) is 6.67 Å². The van der Waals surface area contributed by atoms with Crippen LogP contribution >= 0.6 is 0 Å². The van der Waals surface area contributed by atoms with E-state index in [1.807, 2.05) is 0 Å². The first-order chi connectivity index (χ1) is 8.38. The van der Waals surface area contributed by atoms with Crippen molar-refractivity contribution in [2.24, 2.45) is 5.41 Å². The van der Waals surface area contributed by atoms with Crippen molar-refractivity contribution in [3.8, 4) is 0 Å². The molecule has 1 rings (SSSR count). The molecule has 0 aromatic heterocycles. The molecule has 6 heteroatoms. The maximum atomic E-state index is 12.6. The maximum absolute atomic E-state index is 12.6. The Hall–Kier alpha value is -1.98. The number of hydrogen-bond donors (Lipinski definition) is 1. The third-order valence-corrected chi connectivity index (χ3v) is 2.58. The lowest BCUT2D eigenvalue weighted by Crippen LogP contribution is -2.38. The van der Waals surface area contributed by atoms with Gasteiger partial charge in [-0.3, -0.25) is 14.9 Å². The average molecular weight is 254 g/mol. The quantitative estimate of drug-likeness (QED) is 0.646. The molecule has 1 aromatic carbocycles. The van der Waals surface area contributed by atoms with Gasteiger partial charge in [-0.15, -0.1) is 0 Å². The molecule has 0 fully saturated rings. The summed E-state index contributed by atoms with van der Waals surface area (Å²) in [6.07, 6.45) is 0. The SMILES string of the molecule is CC(C)(CF)C(=O)NCc1ccccc1[N+](=O)[O-]. The van der Waals surface area contributed by atoms with Crippen molar-refractivity contribution in [1.29, 1.82) is 0 Å². The minimum Gasteiger partial charge on any atom is -0.351 e. The molecule has 1 aromatic rings. The molecular weight excluding hydrogens is 239 g/mol. The summed E-state index contributed by atoms with van der Waals surface area (Å²) in [7, 11) is 0. The van der Waals surface area contributed by atoms with E-state index in [2.05, 4.69) is 5.32 Å². The van der Waals surface area contributed by atoms with Gasteiger partial charge >= 0.3 is 0 Å². The van der Waals surface area contributed by atoms with E-state index in [1.165, 1.54) is 19.9 Å². The summed E-state index contributed by atoms with van der Waals surface area (Å²) in [6.45, 7) is 2.18. The second kappa shape index (κ2) is 5.57. The van der Waals surface area contributed by atoms with Gasteiger partial charge in [0, 0.05) is 18.2 Å². The number of hydrogen-bond acceptors (Lipinski definition) is 3. The van der Waals surface area contributed by atoms with Gasteiger partial charge in [0.25, 0.3) is 5.69 Å². The van der Waals surface area contributed by atoms with Crippen LogP contribution in [0.4, 0.5) is 10.1 Å². The largest absolute Gasteiger partial charge is 0.351 e. The van der Waals surface area contributed by atoms with Crippen molar-refractivity contribution in [1.82, 2.24) is 5.32 Å². The lowest BCUT2D eigenvalue weighted by atomic mass is 9.94. The molecule has 0 aliphatic carbocycles. The molecule has 0 heterocycles. The van der Waals surface area contributed by atoms with Gasteiger partial charge in [-0.2, -0.15) is 0 Å².